The van der Waals surface area contributed by atoms with Gasteiger partial charge in [-0.25, -0.2) is 0 Å². The van der Waals surface area contributed by atoms with Gasteiger partial charge in [-0.15, -0.1) is 45.3 Å². The highest BCUT2D eigenvalue weighted by Crippen LogP contribution is 2.53. The fraction of sp³-hybridized carbons (Fsp3) is 0.115. The SMILES string of the molecule is C1=CC(c2cc(-c3ccc4c(c3)sc3c5ccccc5sc43)cc(N3c4ccccc4C4CC(c5ccccc5)C=CC43)c2)Cc2sc3c(sc4ccccc43)c21. The Morgan fingerprint density at radius 1 is 0.491 bits per heavy atom. The fourth-order valence-corrected chi connectivity index (χ4v) is 15.6. The van der Waals surface area contributed by atoms with Gasteiger partial charge in [0, 0.05) is 69.8 Å². The molecule has 3 aliphatic rings. The number of allylic oxidation sites excluding steroid dienone is 2. The van der Waals surface area contributed by atoms with Crippen molar-refractivity contribution in [3.05, 3.63) is 185 Å². The van der Waals surface area contributed by atoms with Gasteiger partial charge in [0.05, 0.1) is 24.8 Å². The van der Waals surface area contributed by atoms with Crippen LogP contribution in [0.4, 0.5) is 11.4 Å². The number of para-hydroxylation sites is 1. The van der Waals surface area contributed by atoms with E-state index in [1.165, 1.54) is 98.7 Å². The molecule has 0 saturated carbocycles. The Morgan fingerprint density at radius 2 is 1.19 bits per heavy atom. The van der Waals surface area contributed by atoms with Gasteiger partial charge in [0.1, 0.15) is 0 Å². The average Bonchev–Trinajstić information content (AvgIpc) is 4.07. The number of thiophene rings is 4. The number of hydrogen-bond acceptors (Lipinski definition) is 5. The van der Waals surface area contributed by atoms with Crippen LogP contribution in [0.5, 0.6) is 0 Å². The molecule has 57 heavy (non-hydrogen) atoms. The summed E-state index contributed by atoms with van der Waals surface area (Å²) in [4.78, 5) is 4.18. The molecule has 0 amide bonds. The van der Waals surface area contributed by atoms with Crippen molar-refractivity contribution in [2.24, 2.45) is 0 Å². The van der Waals surface area contributed by atoms with E-state index in [1.54, 1.807) is 0 Å². The summed E-state index contributed by atoms with van der Waals surface area (Å²) < 4.78 is 9.88. The van der Waals surface area contributed by atoms with E-state index in [9.17, 15) is 0 Å². The summed E-state index contributed by atoms with van der Waals surface area (Å²) >= 11 is 7.85. The molecule has 4 unspecified atom stereocenters. The maximum absolute atomic E-state index is 2.67. The minimum atomic E-state index is 0.274. The topological polar surface area (TPSA) is 3.24 Å². The third-order valence-corrected chi connectivity index (χ3v) is 17.9. The van der Waals surface area contributed by atoms with Crippen molar-refractivity contribution < 1.29 is 0 Å². The van der Waals surface area contributed by atoms with Crippen LogP contribution >= 0.6 is 45.3 Å². The Labute approximate surface area is 347 Å². The average molecular weight is 802 g/mol. The Kier molecular flexibility index (Phi) is 7.24. The first-order chi connectivity index (χ1) is 28.2. The molecule has 10 aromatic rings. The van der Waals surface area contributed by atoms with Gasteiger partial charge in [-0.2, -0.15) is 0 Å². The number of nitrogens with zero attached hydrogens (tertiary/aromatic N) is 1. The molecule has 0 bridgehead atoms. The highest BCUT2D eigenvalue weighted by molar-refractivity contribution is 7.36. The van der Waals surface area contributed by atoms with E-state index in [4.69, 9.17) is 0 Å². The molecule has 0 saturated heterocycles. The Bertz CT molecular complexity index is 3300. The first-order valence-electron chi connectivity index (χ1n) is 19.9. The maximum Gasteiger partial charge on any atom is 0.0592 e. The van der Waals surface area contributed by atoms with E-state index in [2.05, 4.69) is 169 Å². The van der Waals surface area contributed by atoms with Crippen molar-refractivity contribution in [3.8, 4) is 11.1 Å². The second-order valence-corrected chi connectivity index (χ2v) is 20.2. The zero-order chi connectivity index (χ0) is 37.2. The molecule has 2 aliphatic carbocycles. The van der Waals surface area contributed by atoms with Crippen LogP contribution in [0, 0.1) is 0 Å². The van der Waals surface area contributed by atoms with Crippen molar-refractivity contribution in [2.75, 3.05) is 4.90 Å². The summed E-state index contributed by atoms with van der Waals surface area (Å²) in [6.45, 7) is 0. The van der Waals surface area contributed by atoms with Crippen LogP contribution in [0.1, 0.15) is 51.3 Å². The second kappa shape index (κ2) is 12.6. The standard InChI is InChI=1S/C52H35NS4/c1-2-10-30(11-3-1)31-20-23-44-42(27-31)37-12-4-7-15-43(37)53(44)36-25-34(32-18-21-40-47(28-32)56-49-38-13-5-8-16-45(38)54-51(40)49)24-35(26-36)33-19-22-41-48(29-33)57-50-39-14-6-9-17-46(39)55-52(41)50/h1-26,28,31,33,42,44H,27,29H2. The van der Waals surface area contributed by atoms with E-state index in [0.717, 1.165) is 12.8 Å². The smallest absolute Gasteiger partial charge is 0.0592 e. The van der Waals surface area contributed by atoms with Crippen LogP contribution in [-0.4, -0.2) is 6.04 Å². The van der Waals surface area contributed by atoms with E-state index >= 15 is 0 Å². The molecular formula is C52H35NS4. The molecule has 13 rings (SSSR count). The van der Waals surface area contributed by atoms with Gasteiger partial charge in [-0.3, -0.25) is 0 Å². The lowest BCUT2D eigenvalue weighted by molar-refractivity contribution is 0.533. The molecule has 6 aromatic carbocycles. The van der Waals surface area contributed by atoms with Crippen LogP contribution in [-0.2, 0) is 6.42 Å². The van der Waals surface area contributed by atoms with Crippen LogP contribution in [0.3, 0.4) is 0 Å². The molecule has 4 aromatic heterocycles. The van der Waals surface area contributed by atoms with Crippen LogP contribution in [0.25, 0.3) is 66.3 Å². The molecule has 1 nitrogen and oxygen atoms in total. The van der Waals surface area contributed by atoms with Crippen molar-refractivity contribution in [3.63, 3.8) is 0 Å². The molecule has 0 fully saturated rings. The molecular weight excluding hydrogens is 767 g/mol. The van der Waals surface area contributed by atoms with Gasteiger partial charge in [0.2, 0.25) is 0 Å². The number of rotatable bonds is 4. The summed E-state index contributed by atoms with van der Waals surface area (Å²) in [5.74, 6) is 1.15. The van der Waals surface area contributed by atoms with Gasteiger partial charge in [0.15, 0.2) is 0 Å². The molecule has 4 atom stereocenters. The molecule has 5 heterocycles. The largest absolute Gasteiger partial charge is 0.334 e. The van der Waals surface area contributed by atoms with E-state index in [1.807, 2.05) is 45.3 Å². The maximum atomic E-state index is 2.67. The normalized spacial score (nSPS) is 20.0. The summed E-state index contributed by atoms with van der Waals surface area (Å²) in [6.07, 6.45) is 12.1. The van der Waals surface area contributed by atoms with Crippen molar-refractivity contribution in [1.29, 1.82) is 0 Å². The molecule has 0 spiro atoms. The van der Waals surface area contributed by atoms with Gasteiger partial charge in [-0.1, -0.05) is 127 Å². The third-order valence-electron chi connectivity index (χ3n) is 12.8. The second-order valence-electron chi connectivity index (χ2n) is 15.9. The van der Waals surface area contributed by atoms with E-state index < -0.39 is 0 Å². The summed E-state index contributed by atoms with van der Waals surface area (Å²) in [6, 6.07) is 53.1. The lowest BCUT2D eigenvalue weighted by atomic mass is 9.78. The highest BCUT2D eigenvalue weighted by atomic mass is 32.1. The lowest BCUT2D eigenvalue weighted by Crippen LogP contribution is -2.31. The summed E-state index contributed by atoms with van der Waals surface area (Å²) in [7, 11) is 0. The zero-order valence-corrected chi connectivity index (χ0v) is 34.2. The Hall–Kier alpha value is -5.30. The summed E-state index contributed by atoms with van der Waals surface area (Å²) in [5, 5.41) is 4.16. The Morgan fingerprint density at radius 3 is 2.04 bits per heavy atom. The van der Waals surface area contributed by atoms with Gasteiger partial charge in [0.25, 0.3) is 0 Å². The van der Waals surface area contributed by atoms with Crippen molar-refractivity contribution >= 4 is 112 Å². The number of anilines is 2. The third kappa shape index (κ3) is 5.02. The van der Waals surface area contributed by atoms with Crippen molar-refractivity contribution in [2.45, 2.75) is 36.6 Å². The predicted octanol–water partition coefficient (Wildman–Crippen LogP) is 16.1. The van der Waals surface area contributed by atoms with Crippen LogP contribution < -0.4 is 4.90 Å². The van der Waals surface area contributed by atoms with E-state index in [-0.39, 0.29) is 6.04 Å². The summed E-state index contributed by atoms with van der Waals surface area (Å²) in [5.41, 5.74) is 11.0. The molecule has 0 radical (unpaired) electrons. The quantitative estimate of drug-likeness (QED) is 0.160. The fourth-order valence-electron chi connectivity index (χ4n) is 10.1. The molecule has 272 valence electrons. The first kappa shape index (κ1) is 32.8. The van der Waals surface area contributed by atoms with E-state index in [0.29, 0.717) is 17.8 Å². The zero-order valence-electron chi connectivity index (χ0n) is 30.9. The monoisotopic (exact) mass is 801 g/mol. The van der Waals surface area contributed by atoms with Gasteiger partial charge >= 0.3 is 0 Å². The molecule has 1 aliphatic heterocycles. The first-order valence-corrected chi connectivity index (χ1v) is 23.2. The highest BCUT2D eigenvalue weighted by Gasteiger charge is 2.41. The number of hydrogen-bond donors (Lipinski definition) is 0. The van der Waals surface area contributed by atoms with Crippen LogP contribution in [0.2, 0.25) is 0 Å². The lowest BCUT2D eigenvalue weighted by Gasteiger charge is -2.34. The molecule has 0 N–H and O–H groups in total. The number of benzene rings is 6. The minimum Gasteiger partial charge on any atom is -0.334 e. The Balaban J connectivity index is 0.958. The van der Waals surface area contributed by atoms with Crippen LogP contribution in [0.15, 0.2) is 158 Å². The molecule has 5 heteroatoms. The minimum absolute atomic E-state index is 0.274. The number of fused-ring (bicyclic) bond motifs is 13. The van der Waals surface area contributed by atoms with Gasteiger partial charge in [-0.05, 0) is 77.1 Å². The predicted molar refractivity (Wildman–Crippen MR) is 251 cm³/mol. The van der Waals surface area contributed by atoms with Crippen molar-refractivity contribution in [1.82, 2.24) is 0 Å². The van der Waals surface area contributed by atoms with Gasteiger partial charge < -0.3 is 4.90 Å².